The van der Waals surface area contributed by atoms with Crippen LogP contribution in [-0.4, -0.2) is 78.9 Å². The van der Waals surface area contributed by atoms with Crippen LogP contribution in [0.1, 0.15) is 5.69 Å². The Morgan fingerprint density at radius 2 is 1.74 bits per heavy atom. The van der Waals surface area contributed by atoms with E-state index in [0.29, 0.717) is 22.8 Å². The standard InChI is InChI=1S/C23H30N6O2/c1-27(2)12-10-24-14-17-15-8-9-16(25-11-13-28(3)4)20-22(15)29(26-17)18-6-5-7-19(30)21(18)23(20)31/h5-9,24-25,31H,10-14H2,1-4H3. The lowest BCUT2D eigenvalue weighted by Crippen LogP contribution is -2.26. The molecule has 0 spiro atoms. The van der Waals surface area contributed by atoms with E-state index >= 15 is 0 Å². The maximum atomic E-state index is 12.6. The van der Waals surface area contributed by atoms with Crippen LogP contribution in [0.25, 0.3) is 27.2 Å². The van der Waals surface area contributed by atoms with E-state index in [1.807, 2.05) is 46.4 Å². The molecule has 0 aliphatic carbocycles. The van der Waals surface area contributed by atoms with Gasteiger partial charge < -0.3 is 25.5 Å². The van der Waals surface area contributed by atoms with Gasteiger partial charge in [0.25, 0.3) is 0 Å². The number of aromatic nitrogens is 2. The fourth-order valence-corrected chi connectivity index (χ4v) is 3.94. The molecule has 0 aliphatic heterocycles. The number of nitrogens with one attached hydrogen (secondary N) is 2. The molecule has 3 N–H and O–H groups in total. The van der Waals surface area contributed by atoms with Gasteiger partial charge in [0.1, 0.15) is 5.75 Å². The van der Waals surface area contributed by atoms with Crippen LogP contribution < -0.4 is 16.1 Å². The fraction of sp³-hybridized carbons (Fsp3) is 0.391. The Kier molecular flexibility index (Phi) is 5.95. The number of benzene rings is 2. The van der Waals surface area contributed by atoms with Gasteiger partial charge in [-0.05, 0) is 52.5 Å². The molecule has 8 heteroatoms. The predicted molar refractivity (Wildman–Crippen MR) is 127 cm³/mol. The number of anilines is 1. The second kappa shape index (κ2) is 8.66. The summed E-state index contributed by atoms with van der Waals surface area (Å²) in [6, 6.07) is 9.03. The topological polar surface area (TPSA) is 85.1 Å². The van der Waals surface area contributed by atoms with Crippen molar-refractivity contribution in [2.75, 3.05) is 59.7 Å². The number of hydrogen-bond donors (Lipinski definition) is 3. The zero-order chi connectivity index (χ0) is 22.1. The molecule has 4 aromatic rings. The van der Waals surface area contributed by atoms with E-state index in [0.717, 1.165) is 48.5 Å². The monoisotopic (exact) mass is 422 g/mol. The van der Waals surface area contributed by atoms with E-state index in [-0.39, 0.29) is 11.2 Å². The highest BCUT2D eigenvalue weighted by Gasteiger charge is 2.21. The van der Waals surface area contributed by atoms with Crippen LogP contribution in [0.2, 0.25) is 0 Å². The summed E-state index contributed by atoms with van der Waals surface area (Å²) in [6.07, 6.45) is 0. The molecule has 2 aromatic heterocycles. The lowest BCUT2D eigenvalue weighted by atomic mass is 10.0. The summed E-state index contributed by atoms with van der Waals surface area (Å²) in [6.45, 7) is 3.95. The summed E-state index contributed by atoms with van der Waals surface area (Å²) in [5.41, 5.74) is 2.93. The summed E-state index contributed by atoms with van der Waals surface area (Å²) in [5, 5.41) is 24.8. The highest BCUT2D eigenvalue weighted by atomic mass is 16.3. The zero-order valence-electron chi connectivity index (χ0n) is 18.6. The van der Waals surface area contributed by atoms with Crippen LogP contribution in [0.4, 0.5) is 5.69 Å². The van der Waals surface area contributed by atoms with E-state index in [1.165, 1.54) is 6.07 Å². The number of hydrogen-bond acceptors (Lipinski definition) is 7. The summed E-state index contributed by atoms with van der Waals surface area (Å²) >= 11 is 0. The maximum Gasteiger partial charge on any atom is 0.191 e. The Morgan fingerprint density at radius 3 is 2.48 bits per heavy atom. The van der Waals surface area contributed by atoms with E-state index in [1.54, 1.807) is 10.6 Å². The van der Waals surface area contributed by atoms with Crippen molar-refractivity contribution >= 4 is 32.9 Å². The molecule has 2 heterocycles. The molecule has 0 fully saturated rings. The smallest absolute Gasteiger partial charge is 0.191 e. The van der Waals surface area contributed by atoms with Crippen LogP contribution in [0.15, 0.2) is 35.1 Å². The average Bonchev–Trinajstić information content (AvgIpc) is 3.08. The first-order valence-electron chi connectivity index (χ1n) is 10.5. The normalized spacial score (nSPS) is 12.2. The first-order valence-corrected chi connectivity index (χ1v) is 10.5. The third kappa shape index (κ3) is 4.01. The Labute approximate surface area is 181 Å². The second-order valence-electron chi connectivity index (χ2n) is 8.45. The molecule has 2 aromatic carbocycles. The summed E-state index contributed by atoms with van der Waals surface area (Å²) < 4.78 is 1.81. The van der Waals surface area contributed by atoms with Crippen molar-refractivity contribution in [3.05, 3.63) is 46.2 Å². The molecule has 0 amide bonds. The molecule has 31 heavy (non-hydrogen) atoms. The predicted octanol–water partition coefficient (Wildman–Crippen LogP) is 1.77. The minimum Gasteiger partial charge on any atom is -0.506 e. The number of pyridine rings is 1. The third-order valence-corrected chi connectivity index (χ3v) is 5.53. The number of rotatable bonds is 9. The molecule has 0 radical (unpaired) electrons. The van der Waals surface area contributed by atoms with Gasteiger partial charge in [-0.2, -0.15) is 5.10 Å². The first kappa shape index (κ1) is 21.3. The van der Waals surface area contributed by atoms with Crippen molar-refractivity contribution in [3.8, 4) is 5.75 Å². The first-order chi connectivity index (χ1) is 14.9. The minimum atomic E-state index is -0.210. The summed E-state index contributed by atoms with van der Waals surface area (Å²) in [7, 11) is 8.12. The zero-order valence-corrected chi connectivity index (χ0v) is 18.6. The fourth-order valence-electron chi connectivity index (χ4n) is 3.94. The van der Waals surface area contributed by atoms with Gasteiger partial charge in [-0.3, -0.25) is 4.79 Å². The molecular weight excluding hydrogens is 392 g/mol. The van der Waals surface area contributed by atoms with Gasteiger partial charge in [0.2, 0.25) is 0 Å². The van der Waals surface area contributed by atoms with Gasteiger partial charge in [-0.1, -0.05) is 6.07 Å². The SMILES string of the molecule is CN(C)CCNCc1nn2c3cccc(=O)c3c(O)c3c(NCCN(C)C)ccc1c32. The quantitative estimate of drug-likeness (QED) is 0.280. The van der Waals surface area contributed by atoms with Crippen LogP contribution in [0, 0.1) is 0 Å². The van der Waals surface area contributed by atoms with Crippen molar-refractivity contribution in [3.63, 3.8) is 0 Å². The number of nitrogens with zero attached hydrogens (tertiary/aromatic N) is 4. The molecule has 0 bridgehead atoms. The Morgan fingerprint density at radius 1 is 1.00 bits per heavy atom. The van der Waals surface area contributed by atoms with E-state index in [2.05, 4.69) is 20.4 Å². The molecule has 164 valence electrons. The highest BCUT2D eigenvalue weighted by molar-refractivity contribution is 6.13. The highest BCUT2D eigenvalue weighted by Crippen LogP contribution is 2.40. The largest absolute Gasteiger partial charge is 0.506 e. The van der Waals surface area contributed by atoms with Crippen molar-refractivity contribution < 1.29 is 5.11 Å². The molecule has 0 saturated heterocycles. The lowest BCUT2D eigenvalue weighted by molar-refractivity contribution is 0.399. The van der Waals surface area contributed by atoms with E-state index in [9.17, 15) is 9.90 Å². The van der Waals surface area contributed by atoms with Crippen LogP contribution in [0.5, 0.6) is 5.75 Å². The van der Waals surface area contributed by atoms with E-state index < -0.39 is 0 Å². The molecule has 8 nitrogen and oxygen atoms in total. The molecular formula is C23H30N6O2. The summed E-state index contributed by atoms with van der Waals surface area (Å²) in [5.74, 6) is 0.0121. The van der Waals surface area contributed by atoms with Crippen molar-refractivity contribution in [2.24, 2.45) is 0 Å². The number of likely N-dealkylation sites (N-methyl/N-ethyl adjacent to an activating group) is 2. The lowest BCUT2D eigenvalue weighted by Gasteiger charge is -2.15. The van der Waals surface area contributed by atoms with Crippen LogP contribution in [-0.2, 0) is 6.54 Å². The maximum absolute atomic E-state index is 12.6. The van der Waals surface area contributed by atoms with Gasteiger partial charge >= 0.3 is 0 Å². The third-order valence-electron chi connectivity index (χ3n) is 5.53. The summed E-state index contributed by atoms with van der Waals surface area (Å²) in [4.78, 5) is 16.8. The second-order valence-corrected chi connectivity index (χ2v) is 8.45. The van der Waals surface area contributed by atoms with E-state index in [4.69, 9.17) is 5.10 Å². The minimum absolute atomic E-state index is 0.0121. The van der Waals surface area contributed by atoms with Crippen molar-refractivity contribution in [1.29, 1.82) is 0 Å². The van der Waals surface area contributed by atoms with Crippen molar-refractivity contribution in [1.82, 2.24) is 24.7 Å². The molecule has 0 unspecified atom stereocenters. The molecule has 0 aliphatic rings. The molecule has 4 rings (SSSR count). The van der Waals surface area contributed by atoms with Gasteiger partial charge in [0, 0.05) is 43.8 Å². The van der Waals surface area contributed by atoms with Gasteiger partial charge in [0.05, 0.1) is 27.5 Å². The van der Waals surface area contributed by atoms with Gasteiger partial charge in [0.15, 0.2) is 5.43 Å². The average molecular weight is 423 g/mol. The van der Waals surface area contributed by atoms with Gasteiger partial charge in [-0.15, -0.1) is 0 Å². The molecule has 0 atom stereocenters. The van der Waals surface area contributed by atoms with Gasteiger partial charge in [-0.25, -0.2) is 4.52 Å². The van der Waals surface area contributed by atoms with Crippen LogP contribution >= 0.6 is 0 Å². The number of fused-ring (bicyclic) bond motifs is 2. The van der Waals surface area contributed by atoms with Crippen molar-refractivity contribution in [2.45, 2.75) is 6.54 Å². The molecule has 0 saturated carbocycles. The number of aromatic hydroxyl groups is 1. The Bertz CT molecular complexity index is 1260. The Balaban J connectivity index is 1.87. The van der Waals surface area contributed by atoms with Crippen LogP contribution in [0.3, 0.4) is 0 Å². The Hall–Kier alpha value is -2.94.